The molecule has 0 heterocycles. The molecule has 0 aromatic carbocycles. The smallest absolute Gasteiger partial charge is 0.450 e. The standard InChI is InChI=1S/C13H18F3NO3/c1-3-5-6-9(4-2)8-20-12(19)10(7-17)11(18)13(14,15)16/h9,18H,3-6,8H2,1-2H3. The number of alkyl halides is 3. The summed E-state index contributed by atoms with van der Waals surface area (Å²) < 4.78 is 41.3. The van der Waals surface area contributed by atoms with Crippen molar-refractivity contribution in [3.63, 3.8) is 0 Å². The highest BCUT2D eigenvalue weighted by Gasteiger charge is 2.39. The summed E-state index contributed by atoms with van der Waals surface area (Å²) in [6.07, 6.45) is -1.76. The molecule has 0 aromatic heterocycles. The predicted molar refractivity (Wildman–Crippen MR) is 65.6 cm³/mol. The van der Waals surface area contributed by atoms with Gasteiger partial charge in [-0.3, -0.25) is 0 Å². The molecule has 0 radical (unpaired) electrons. The maximum Gasteiger partial charge on any atom is 0.450 e. The van der Waals surface area contributed by atoms with Crippen LogP contribution in [0.4, 0.5) is 13.2 Å². The van der Waals surface area contributed by atoms with Crippen molar-refractivity contribution in [2.75, 3.05) is 6.61 Å². The third-order valence-corrected chi connectivity index (χ3v) is 2.81. The van der Waals surface area contributed by atoms with E-state index in [0.29, 0.717) is 6.42 Å². The number of nitriles is 1. The number of nitrogens with zero attached hydrogens (tertiary/aromatic N) is 1. The molecule has 0 spiro atoms. The molecule has 1 atom stereocenters. The minimum atomic E-state index is -5.14. The number of ether oxygens (including phenoxy) is 1. The molecule has 0 saturated carbocycles. The van der Waals surface area contributed by atoms with Crippen molar-refractivity contribution in [2.45, 2.75) is 45.7 Å². The van der Waals surface area contributed by atoms with Gasteiger partial charge in [-0.05, 0) is 12.3 Å². The van der Waals surface area contributed by atoms with E-state index in [9.17, 15) is 18.0 Å². The Morgan fingerprint density at radius 2 is 2.00 bits per heavy atom. The number of aliphatic hydroxyl groups excluding tert-OH is 1. The molecule has 0 aliphatic rings. The van der Waals surface area contributed by atoms with Gasteiger partial charge < -0.3 is 9.84 Å². The number of rotatable bonds is 7. The zero-order valence-electron chi connectivity index (χ0n) is 11.5. The van der Waals surface area contributed by atoms with Crippen molar-refractivity contribution in [1.29, 1.82) is 5.26 Å². The van der Waals surface area contributed by atoms with Gasteiger partial charge in [-0.15, -0.1) is 0 Å². The second-order valence-electron chi connectivity index (χ2n) is 4.35. The molecule has 0 bridgehead atoms. The average Bonchev–Trinajstić information content (AvgIpc) is 2.38. The van der Waals surface area contributed by atoms with E-state index >= 15 is 0 Å². The second-order valence-corrected chi connectivity index (χ2v) is 4.35. The molecule has 20 heavy (non-hydrogen) atoms. The molecule has 0 amide bonds. The number of allylic oxidation sites excluding steroid dienone is 1. The Bertz CT molecular complexity index is 397. The first-order valence-corrected chi connectivity index (χ1v) is 6.35. The normalized spacial score (nSPS) is 14.2. The first-order chi connectivity index (χ1) is 9.27. The molecular formula is C13H18F3NO3. The fourth-order valence-electron chi connectivity index (χ4n) is 1.50. The zero-order chi connectivity index (χ0) is 15.8. The average molecular weight is 293 g/mol. The predicted octanol–water partition coefficient (Wildman–Crippen LogP) is 3.64. The maximum atomic E-state index is 12.2. The van der Waals surface area contributed by atoms with Crippen LogP contribution in [0, 0.1) is 17.2 Å². The molecule has 1 unspecified atom stereocenters. The number of aliphatic hydroxyl groups is 1. The number of hydrogen-bond donors (Lipinski definition) is 1. The maximum absolute atomic E-state index is 12.2. The molecule has 4 nitrogen and oxygen atoms in total. The first-order valence-electron chi connectivity index (χ1n) is 6.35. The van der Waals surface area contributed by atoms with Gasteiger partial charge in [0.2, 0.25) is 5.76 Å². The lowest BCUT2D eigenvalue weighted by Gasteiger charge is -2.14. The zero-order valence-corrected chi connectivity index (χ0v) is 11.5. The molecule has 7 heteroatoms. The van der Waals surface area contributed by atoms with Crippen LogP contribution >= 0.6 is 0 Å². The highest BCUT2D eigenvalue weighted by atomic mass is 19.4. The fraction of sp³-hybridized carbons (Fsp3) is 0.692. The Labute approximate surface area is 115 Å². The van der Waals surface area contributed by atoms with Crippen molar-refractivity contribution >= 4 is 5.97 Å². The number of carbonyl (C=O) groups excluding carboxylic acids is 1. The number of esters is 1. The van der Waals surface area contributed by atoms with Crippen LogP contribution in [-0.2, 0) is 9.53 Å². The van der Waals surface area contributed by atoms with Crippen LogP contribution in [0.25, 0.3) is 0 Å². The number of hydrogen-bond acceptors (Lipinski definition) is 4. The van der Waals surface area contributed by atoms with Crippen molar-refractivity contribution in [1.82, 2.24) is 0 Å². The van der Waals surface area contributed by atoms with Crippen LogP contribution < -0.4 is 0 Å². The third-order valence-electron chi connectivity index (χ3n) is 2.81. The van der Waals surface area contributed by atoms with Crippen LogP contribution in [0.2, 0.25) is 0 Å². The molecule has 0 aliphatic carbocycles. The van der Waals surface area contributed by atoms with Gasteiger partial charge in [-0.25, -0.2) is 4.79 Å². The first kappa shape index (κ1) is 18.3. The van der Waals surface area contributed by atoms with Gasteiger partial charge in [-0.2, -0.15) is 18.4 Å². The fourth-order valence-corrected chi connectivity index (χ4v) is 1.50. The SMILES string of the molecule is CCCCC(CC)COC(=O)C(C#N)=C(O)C(F)(F)F. The van der Waals surface area contributed by atoms with Crippen LogP contribution in [0.3, 0.4) is 0 Å². The third kappa shape index (κ3) is 5.95. The lowest BCUT2D eigenvalue weighted by Crippen LogP contribution is -2.20. The van der Waals surface area contributed by atoms with E-state index in [0.717, 1.165) is 25.3 Å². The Kier molecular flexibility index (Phi) is 7.74. The van der Waals surface area contributed by atoms with Crippen LogP contribution in [0.1, 0.15) is 39.5 Å². The summed E-state index contributed by atoms with van der Waals surface area (Å²) in [7, 11) is 0. The molecule has 0 rings (SSSR count). The summed E-state index contributed by atoms with van der Waals surface area (Å²) in [4.78, 5) is 11.4. The van der Waals surface area contributed by atoms with Crippen LogP contribution in [0.5, 0.6) is 0 Å². The van der Waals surface area contributed by atoms with Gasteiger partial charge in [-0.1, -0.05) is 33.1 Å². The minimum absolute atomic E-state index is 0.0341. The summed E-state index contributed by atoms with van der Waals surface area (Å²) in [6, 6.07) is 1.03. The Morgan fingerprint density at radius 3 is 2.40 bits per heavy atom. The quantitative estimate of drug-likeness (QED) is 0.337. The highest BCUT2D eigenvalue weighted by Crippen LogP contribution is 2.26. The summed E-state index contributed by atoms with van der Waals surface area (Å²) in [5.74, 6) is -3.63. The lowest BCUT2D eigenvalue weighted by molar-refractivity contribution is -0.143. The van der Waals surface area contributed by atoms with Gasteiger partial charge in [0.1, 0.15) is 6.07 Å². The van der Waals surface area contributed by atoms with Gasteiger partial charge in [0.25, 0.3) is 0 Å². The summed E-state index contributed by atoms with van der Waals surface area (Å²) in [5, 5.41) is 17.3. The number of halogens is 3. The van der Waals surface area contributed by atoms with E-state index < -0.39 is 23.5 Å². The molecule has 0 saturated heterocycles. The van der Waals surface area contributed by atoms with Crippen LogP contribution in [-0.4, -0.2) is 23.9 Å². The van der Waals surface area contributed by atoms with E-state index in [4.69, 9.17) is 10.4 Å². The van der Waals surface area contributed by atoms with Crippen molar-refractivity contribution in [2.24, 2.45) is 5.92 Å². The largest absolute Gasteiger partial charge is 0.503 e. The summed E-state index contributed by atoms with van der Waals surface area (Å²) >= 11 is 0. The second kappa shape index (κ2) is 8.46. The van der Waals surface area contributed by atoms with Gasteiger partial charge in [0, 0.05) is 0 Å². The molecule has 0 aromatic rings. The van der Waals surface area contributed by atoms with Gasteiger partial charge in [0.15, 0.2) is 5.57 Å². The topological polar surface area (TPSA) is 70.3 Å². The number of carbonyl (C=O) groups is 1. The monoisotopic (exact) mass is 293 g/mol. The Hall–Kier alpha value is -1.71. The van der Waals surface area contributed by atoms with Crippen molar-refractivity contribution in [3.8, 4) is 6.07 Å². The van der Waals surface area contributed by atoms with E-state index in [2.05, 4.69) is 4.74 Å². The van der Waals surface area contributed by atoms with Gasteiger partial charge >= 0.3 is 12.1 Å². The van der Waals surface area contributed by atoms with E-state index in [-0.39, 0.29) is 12.5 Å². The Balaban J connectivity index is 4.71. The molecule has 0 aliphatic heterocycles. The van der Waals surface area contributed by atoms with Crippen molar-refractivity contribution < 1.29 is 27.8 Å². The Morgan fingerprint density at radius 1 is 1.40 bits per heavy atom. The summed E-state index contributed by atoms with van der Waals surface area (Å²) in [5.41, 5.74) is -1.41. The minimum Gasteiger partial charge on any atom is -0.503 e. The van der Waals surface area contributed by atoms with E-state index in [1.165, 1.54) is 0 Å². The van der Waals surface area contributed by atoms with Gasteiger partial charge in [0.05, 0.1) is 6.61 Å². The molecular weight excluding hydrogens is 275 g/mol. The summed E-state index contributed by atoms with van der Waals surface area (Å²) in [6.45, 7) is 3.81. The molecule has 1 N–H and O–H groups in total. The van der Waals surface area contributed by atoms with Crippen molar-refractivity contribution in [3.05, 3.63) is 11.3 Å². The number of unbranched alkanes of at least 4 members (excludes halogenated alkanes) is 1. The highest BCUT2D eigenvalue weighted by molar-refractivity contribution is 5.93. The molecule has 114 valence electrons. The van der Waals surface area contributed by atoms with Crippen LogP contribution in [0.15, 0.2) is 11.3 Å². The lowest BCUT2D eigenvalue weighted by atomic mass is 10.0. The molecule has 0 fully saturated rings. The van der Waals surface area contributed by atoms with E-state index in [1.807, 2.05) is 13.8 Å². The van der Waals surface area contributed by atoms with E-state index in [1.54, 1.807) is 0 Å².